The molecule has 0 amide bonds. The van der Waals surface area contributed by atoms with Crippen LogP contribution >= 0.6 is 0 Å². The Morgan fingerprint density at radius 3 is 3.17 bits per heavy atom. The molecule has 2 aromatic heterocycles. The molecular formula is C12H15FN4O. The number of nitrogens with zero attached hydrogens (tertiary/aromatic N) is 4. The van der Waals surface area contributed by atoms with Crippen molar-refractivity contribution in [3.8, 4) is 0 Å². The van der Waals surface area contributed by atoms with Gasteiger partial charge in [-0.05, 0) is 12.5 Å². The molecule has 0 radical (unpaired) electrons. The molecular weight excluding hydrogens is 235 g/mol. The summed E-state index contributed by atoms with van der Waals surface area (Å²) in [5.74, 6) is 0.643. The largest absolute Gasteiger partial charge is 0.395 e. The van der Waals surface area contributed by atoms with Crippen molar-refractivity contribution in [3.63, 3.8) is 0 Å². The Balaban J connectivity index is 1.79. The van der Waals surface area contributed by atoms with Crippen molar-refractivity contribution < 1.29 is 9.50 Å². The van der Waals surface area contributed by atoms with E-state index >= 15 is 0 Å². The van der Waals surface area contributed by atoms with E-state index in [2.05, 4.69) is 9.97 Å². The van der Waals surface area contributed by atoms with Crippen LogP contribution in [0.15, 0.2) is 24.7 Å². The number of hydrogen-bond donors (Lipinski definition) is 1. The fourth-order valence-corrected chi connectivity index (χ4v) is 2.47. The van der Waals surface area contributed by atoms with Gasteiger partial charge < -0.3 is 5.11 Å². The van der Waals surface area contributed by atoms with Crippen LogP contribution in [-0.4, -0.2) is 49.7 Å². The maximum absolute atomic E-state index is 13.3. The third-order valence-electron chi connectivity index (χ3n) is 3.34. The minimum Gasteiger partial charge on any atom is -0.395 e. The molecule has 0 bridgehead atoms. The molecule has 2 atom stereocenters. The van der Waals surface area contributed by atoms with Gasteiger partial charge in [-0.2, -0.15) is 0 Å². The molecule has 6 heteroatoms. The van der Waals surface area contributed by atoms with E-state index in [1.54, 1.807) is 6.20 Å². The number of aliphatic hydroxyl groups is 1. The van der Waals surface area contributed by atoms with E-state index in [-0.39, 0.29) is 12.6 Å². The van der Waals surface area contributed by atoms with E-state index in [0.717, 1.165) is 5.69 Å². The van der Waals surface area contributed by atoms with Gasteiger partial charge in [0, 0.05) is 37.7 Å². The first-order valence-corrected chi connectivity index (χ1v) is 6.04. The zero-order valence-corrected chi connectivity index (χ0v) is 9.91. The number of aromatic nitrogens is 3. The van der Waals surface area contributed by atoms with Gasteiger partial charge in [0.2, 0.25) is 5.78 Å². The lowest BCUT2D eigenvalue weighted by atomic mass is 10.2. The lowest BCUT2D eigenvalue weighted by Gasteiger charge is -2.20. The van der Waals surface area contributed by atoms with Crippen LogP contribution in [0.2, 0.25) is 0 Å². The number of imidazole rings is 1. The number of likely N-dealkylation sites (tertiary alicyclic amines) is 1. The molecule has 18 heavy (non-hydrogen) atoms. The first kappa shape index (κ1) is 11.6. The Kier molecular flexibility index (Phi) is 2.97. The Morgan fingerprint density at radius 2 is 2.39 bits per heavy atom. The second kappa shape index (κ2) is 4.62. The normalized spacial score (nSPS) is 25.0. The monoisotopic (exact) mass is 250 g/mol. The molecule has 1 aliphatic rings. The van der Waals surface area contributed by atoms with Gasteiger partial charge in [0.1, 0.15) is 6.17 Å². The van der Waals surface area contributed by atoms with Crippen LogP contribution in [0.5, 0.6) is 0 Å². The maximum atomic E-state index is 13.3. The lowest BCUT2D eigenvalue weighted by molar-refractivity contribution is 0.152. The first-order valence-electron chi connectivity index (χ1n) is 6.04. The summed E-state index contributed by atoms with van der Waals surface area (Å²) in [6.07, 6.45) is 5.02. The highest BCUT2D eigenvalue weighted by Crippen LogP contribution is 2.22. The van der Waals surface area contributed by atoms with Crippen LogP contribution in [-0.2, 0) is 6.54 Å². The molecule has 3 rings (SSSR count). The number of hydrogen-bond acceptors (Lipinski definition) is 4. The number of fused-ring (bicyclic) bond motifs is 1. The van der Waals surface area contributed by atoms with E-state index in [9.17, 15) is 9.50 Å². The topological polar surface area (TPSA) is 53.7 Å². The molecule has 1 aliphatic heterocycles. The number of alkyl halides is 1. The quantitative estimate of drug-likeness (QED) is 0.868. The summed E-state index contributed by atoms with van der Waals surface area (Å²) in [7, 11) is 0. The average molecular weight is 250 g/mol. The van der Waals surface area contributed by atoms with E-state index in [1.807, 2.05) is 27.8 Å². The summed E-state index contributed by atoms with van der Waals surface area (Å²) in [5, 5.41) is 9.23. The van der Waals surface area contributed by atoms with E-state index in [4.69, 9.17) is 0 Å². The molecule has 3 heterocycles. The van der Waals surface area contributed by atoms with Gasteiger partial charge >= 0.3 is 0 Å². The van der Waals surface area contributed by atoms with Crippen LogP contribution < -0.4 is 0 Å². The molecule has 1 N–H and O–H groups in total. The van der Waals surface area contributed by atoms with Gasteiger partial charge in [0.05, 0.1) is 12.3 Å². The molecule has 96 valence electrons. The van der Waals surface area contributed by atoms with E-state index in [1.165, 1.54) is 0 Å². The van der Waals surface area contributed by atoms with Crippen molar-refractivity contribution in [3.05, 3.63) is 30.4 Å². The highest BCUT2D eigenvalue weighted by atomic mass is 19.1. The summed E-state index contributed by atoms with van der Waals surface area (Å²) in [6, 6.07) is 1.74. The van der Waals surface area contributed by atoms with Gasteiger partial charge in [-0.15, -0.1) is 0 Å². The van der Waals surface area contributed by atoms with Gasteiger partial charge in [-0.3, -0.25) is 9.30 Å². The van der Waals surface area contributed by atoms with Crippen LogP contribution in [0.25, 0.3) is 5.78 Å². The minimum absolute atomic E-state index is 0.00790. The SMILES string of the molecule is OC[C@@H]1C[C@H](F)CN1Cc1cn2cccnc2n1. The Hall–Kier alpha value is -1.53. The van der Waals surface area contributed by atoms with E-state index in [0.29, 0.717) is 25.3 Å². The van der Waals surface area contributed by atoms with Crippen molar-refractivity contribution in [1.29, 1.82) is 0 Å². The van der Waals surface area contributed by atoms with Crippen molar-refractivity contribution in [2.24, 2.45) is 0 Å². The molecule has 0 unspecified atom stereocenters. The summed E-state index contributed by atoms with van der Waals surface area (Å²) < 4.78 is 15.2. The van der Waals surface area contributed by atoms with Crippen molar-refractivity contribution >= 4 is 5.78 Å². The predicted octanol–water partition coefficient (Wildman–Crippen LogP) is 0.634. The second-order valence-electron chi connectivity index (χ2n) is 4.66. The molecule has 0 aromatic carbocycles. The fraction of sp³-hybridized carbons (Fsp3) is 0.500. The zero-order chi connectivity index (χ0) is 12.5. The smallest absolute Gasteiger partial charge is 0.233 e. The van der Waals surface area contributed by atoms with Gasteiger partial charge in [-0.1, -0.05) is 0 Å². The van der Waals surface area contributed by atoms with Crippen LogP contribution in [0.1, 0.15) is 12.1 Å². The lowest BCUT2D eigenvalue weighted by Crippen LogP contribution is -2.31. The van der Waals surface area contributed by atoms with E-state index < -0.39 is 6.17 Å². The predicted molar refractivity (Wildman–Crippen MR) is 63.8 cm³/mol. The zero-order valence-electron chi connectivity index (χ0n) is 9.91. The number of rotatable bonds is 3. The molecule has 2 aromatic rings. The molecule has 1 saturated heterocycles. The summed E-state index contributed by atoms with van der Waals surface area (Å²) in [4.78, 5) is 10.5. The molecule has 0 spiro atoms. The molecule has 0 aliphatic carbocycles. The molecule has 5 nitrogen and oxygen atoms in total. The van der Waals surface area contributed by atoms with Crippen LogP contribution in [0.4, 0.5) is 4.39 Å². The average Bonchev–Trinajstić information content (AvgIpc) is 2.92. The summed E-state index contributed by atoms with van der Waals surface area (Å²) in [6.45, 7) is 0.910. The van der Waals surface area contributed by atoms with Crippen molar-refractivity contribution in [2.75, 3.05) is 13.2 Å². The number of aliphatic hydroxyl groups excluding tert-OH is 1. The van der Waals surface area contributed by atoms with Crippen molar-refractivity contribution in [1.82, 2.24) is 19.3 Å². The fourth-order valence-electron chi connectivity index (χ4n) is 2.47. The highest BCUT2D eigenvalue weighted by Gasteiger charge is 2.31. The minimum atomic E-state index is -0.850. The standard InChI is InChI=1S/C12H15FN4O/c13-9-4-11(8-18)17(5-9)7-10-6-16-3-1-2-14-12(16)15-10/h1-3,6,9,11,18H,4-5,7-8H2/t9-,11-/m0/s1. The Labute approximate surface area is 104 Å². The molecule has 0 saturated carbocycles. The molecule has 1 fully saturated rings. The first-order chi connectivity index (χ1) is 8.76. The highest BCUT2D eigenvalue weighted by molar-refractivity contribution is 5.29. The van der Waals surface area contributed by atoms with Crippen LogP contribution in [0.3, 0.4) is 0 Å². The van der Waals surface area contributed by atoms with Crippen LogP contribution in [0, 0.1) is 0 Å². The van der Waals surface area contributed by atoms with Gasteiger partial charge in [0.15, 0.2) is 0 Å². The Bertz CT molecular complexity index is 511. The third-order valence-corrected chi connectivity index (χ3v) is 3.34. The summed E-state index contributed by atoms with van der Waals surface area (Å²) in [5.41, 5.74) is 0.848. The Morgan fingerprint density at radius 1 is 1.50 bits per heavy atom. The van der Waals surface area contributed by atoms with Crippen molar-refractivity contribution in [2.45, 2.75) is 25.2 Å². The number of halogens is 1. The second-order valence-corrected chi connectivity index (χ2v) is 4.66. The van der Waals surface area contributed by atoms with Gasteiger partial charge in [-0.25, -0.2) is 14.4 Å². The third kappa shape index (κ3) is 2.09. The summed E-state index contributed by atoms with van der Waals surface area (Å²) >= 11 is 0. The maximum Gasteiger partial charge on any atom is 0.233 e. The van der Waals surface area contributed by atoms with Gasteiger partial charge in [0.25, 0.3) is 0 Å².